The molecule has 0 aliphatic rings. The molecule has 1 aromatic heterocycles. The summed E-state index contributed by atoms with van der Waals surface area (Å²) in [5.74, 6) is 0.0214. The Balaban J connectivity index is 3.15. The molecule has 1 heterocycles. The lowest BCUT2D eigenvalue weighted by molar-refractivity contribution is 1.12. The Morgan fingerprint density at radius 3 is 2.55 bits per heavy atom. The number of hydrogen-bond acceptors (Lipinski definition) is 2. The average molecular weight is 149 g/mol. The normalized spacial score (nSPS) is 9.64. The van der Waals surface area contributed by atoms with Gasteiger partial charge in [-0.3, -0.25) is 5.41 Å². The Hall–Kier alpha value is -1.38. The van der Waals surface area contributed by atoms with Gasteiger partial charge in [-0.15, -0.1) is 0 Å². The monoisotopic (exact) mass is 149 g/mol. The lowest BCUT2D eigenvalue weighted by Crippen LogP contribution is -2.13. The van der Waals surface area contributed by atoms with Gasteiger partial charge in [-0.25, -0.2) is 4.98 Å². The predicted molar refractivity (Wildman–Crippen MR) is 44.7 cm³/mol. The smallest absolute Gasteiger partial charge is 0.141 e. The number of nitrogens with two attached hydrogens (primary N) is 1. The number of aryl methyl sites for hydroxylation is 2. The third-order valence-corrected chi connectivity index (χ3v) is 1.63. The molecule has 3 N–H and O–H groups in total. The molecule has 58 valence electrons. The van der Waals surface area contributed by atoms with Gasteiger partial charge in [0.1, 0.15) is 11.5 Å². The van der Waals surface area contributed by atoms with E-state index in [9.17, 15) is 0 Å². The van der Waals surface area contributed by atoms with E-state index in [4.69, 9.17) is 11.1 Å². The Labute approximate surface area is 65.8 Å². The van der Waals surface area contributed by atoms with Gasteiger partial charge in [0.05, 0.1) is 0 Å². The van der Waals surface area contributed by atoms with Gasteiger partial charge in [-0.05, 0) is 25.5 Å². The molecular formula is C8H11N3. The van der Waals surface area contributed by atoms with Crippen molar-refractivity contribution in [3.63, 3.8) is 0 Å². The van der Waals surface area contributed by atoms with Crippen LogP contribution in [0.4, 0.5) is 0 Å². The third-order valence-electron chi connectivity index (χ3n) is 1.63. The van der Waals surface area contributed by atoms with Crippen molar-refractivity contribution in [2.45, 2.75) is 13.8 Å². The van der Waals surface area contributed by atoms with Gasteiger partial charge in [0.15, 0.2) is 0 Å². The molecule has 0 spiro atoms. The largest absolute Gasteiger partial charge is 0.382 e. The van der Waals surface area contributed by atoms with E-state index in [1.165, 1.54) is 0 Å². The topological polar surface area (TPSA) is 62.8 Å². The highest BCUT2D eigenvalue weighted by Crippen LogP contribution is 2.03. The Morgan fingerprint density at radius 2 is 2.09 bits per heavy atom. The van der Waals surface area contributed by atoms with E-state index in [-0.39, 0.29) is 5.84 Å². The van der Waals surface area contributed by atoms with Gasteiger partial charge in [0, 0.05) is 5.69 Å². The third kappa shape index (κ3) is 1.55. The molecular weight excluding hydrogens is 138 g/mol. The zero-order valence-corrected chi connectivity index (χ0v) is 6.68. The molecule has 0 radical (unpaired) electrons. The van der Waals surface area contributed by atoms with Gasteiger partial charge in [-0.1, -0.05) is 6.07 Å². The van der Waals surface area contributed by atoms with Crippen molar-refractivity contribution in [1.29, 1.82) is 5.41 Å². The fourth-order valence-corrected chi connectivity index (χ4v) is 0.781. The summed E-state index contributed by atoms with van der Waals surface area (Å²) in [5.41, 5.74) is 7.85. The summed E-state index contributed by atoms with van der Waals surface area (Å²) in [7, 11) is 0. The molecule has 0 fully saturated rings. The van der Waals surface area contributed by atoms with Gasteiger partial charge in [0.25, 0.3) is 0 Å². The molecule has 3 heteroatoms. The molecule has 0 aromatic carbocycles. The van der Waals surface area contributed by atoms with E-state index in [0.29, 0.717) is 5.69 Å². The zero-order valence-electron chi connectivity index (χ0n) is 6.68. The van der Waals surface area contributed by atoms with Crippen molar-refractivity contribution in [2.75, 3.05) is 0 Å². The van der Waals surface area contributed by atoms with Gasteiger partial charge in [-0.2, -0.15) is 0 Å². The number of nitrogens with zero attached hydrogens (tertiary/aromatic N) is 1. The maximum absolute atomic E-state index is 7.12. The minimum Gasteiger partial charge on any atom is -0.382 e. The van der Waals surface area contributed by atoms with Crippen LogP contribution in [0.15, 0.2) is 12.1 Å². The van der Waals surface area contributed by atoms with E-state index in [1.807, 2.05) is 19.9 Å². The number of aromatic nitrogens is 1. The molecule has 0 aliphatic carbocycles. The molecule has 0 amide bonds. The number of hydrogen-bond donors (Lipinski definition) is 2. The molecule has 0 saturated heterocycles. The summed E-state index contributed by atoms with van der Waals surface area (Å²) < 4.78 is 0. The summed E-state index contributed by atoms with van der Waals surface area (Å²) in [6, 6.07) is 3.67. The summed E-state index contributed by atoms with van der Waals surface area (Å²) >= 11 is 0. The van der Waals surface area contributed by atoms with Crippen molar-refractivity contribution in [1.82, 2.24) is 4.98 Å². The van der Waals surface area contributed by atoms with Crippen LogP contribution in [-0.2, 0) is 0 Å². The highest BCUT2D eigenvalue weighted by atomic mass is 14.8. The molecule has 0 saturated carbocycles. The maximum Gasteiger partial charge on any atom is 0.141 e. The number of nitrogens with one attached hydrogen (secondary N) is 1. The Kier molecular flexibility index (Phi) is 1.89. The van der Waals surface area contributed by atoms with E-state index in [1.54, 1.807) is 6.07 Å². The van der Waals surface area contributed by atoms with Crippen LogP contribution in [0.2, 0.25) is 0 Å². The molecule has 0 atom stereocenters. The molecule has 0 bridgehead atoms. The molecule has 3 nitrogen and oxygen atoms in total. The summed E-state index contributed by atoms with van der Waals surface area (Å²) in [4.78, 5) is 4.12. The zero-order chi connectivity index (χ0) is 8.43. The van der Waals surface area contributed by atoms with Gasteiger partial charge in [0.2, 0.25) is 0 Å². The second kappa shape index (κ2) is 2.70. The van der Waals surface area contributed by atoms with Gasteiger partial charge < -0.3 is 5.73 Å². The average Bonchev–Trinajstić information content (AvgIpc) is 1.94. The van der Waals surface area contributed by atoms with Crippen molar-refractivity contribution >= 4 is 5.84 Å². The number of amidine groups is 1. The van der Waals surface area contributed by atoms with Crippen molar-refractivity contribution in [3.05, 3.63) is 29.1 Å². The first-order valence-corrected chi connectivity index (χ1v) is 3.40. The summed E-state index contributed by atoms with van der Waals surface area (Å²) in [6.45, 7) is 3.88. The predicted octanol–water partition coefficient (Wildman–Crippen LogP) is 0.983. The second-order valence-corrected chi connectivity index (χ2v) is 2.51. The molecule has 0 aliphatic heterocycles. The van der Waals surface area contributed by atoms with Gasteiger partial charge >= 0.3 is 0 Å². The first kappa shape index (κ1) is 7.72. The standard InChI is InChI=1S/C8H11N3/c1-5-3-4-7(8(9)10)11-6(5)2/h3-4H,1-2H3,(H3,9,10). The Bertz CT molecular complexity index is 291. The van der Waals surface area contributed by atoms with E-state index < -0.39 is 0 Å². The van der Waals surface area contributed by atoms with Crippen LogP contribution < -0.4 is 5.73 Å². The summed E-state index contributed by atoms with van der Waals surface area (Å²) in [6.07, 6.45) is 0. The quantitative estimate of drug-likeness (QED) is 0.462. The fraction of sp³-hybridized carbons (Fsp3) is 0.250. The number of nitrogen functional groups attached to an aromatic ring is 1. The molecule has 0 unspecified atom stereocenters. The molecule has 1 aromatic rings. The van der Waals surface area contributed by atoms with Crippen molar-refractivity contribution < 1.29 is 0 Å². The summed E-state index contributed by atoms with van der Waals surface area (Å²) in [5, 5.41) is 7.12. The molecule has 11 heavy (non-hydrogen) atoms. The van der Waals surface area contributed by atoms with E-state index in [2.05, 4.69) is 4.98 Å². The number of pyridine rings is 1. The van der Waals surface area contributed by atoms with Crippen LogP contribution in [0, 0.1) is 19.3 Å². The maximum atomic E-state index is 7.12. The van der Waals surface area contributed by atoms with Crippen molar-refractivity contribution in [2.24, 2.45) is 5.73 Å². The van der Waals surface area contributed by atoms with Crippen LogP contribution in [0.3, 0.4) is 0 Å². The highest BCUT2D eigenvalue weighted by Gasteiger charge is 1.98. The van der Waals surface area contributed by atoms with Crippen LogP contribution in [0.1, 0.15) is 17.0 Å². The van der Waals surface area contributed by atoms with E-state index >= 15 is 0 Å². The van der Waals surface area contributed by atoms with Crippen LogP contribution in [0.5, 0.6) is 0 Å². The minimum atomic E-state index is 0.0214. The van der Waals surface area contributed by atoms with Crippen LogP contribution in [-0.4, -0.2) is 10.8 Å². The minimum absolute atomic E-state index is 0.0214. The highest BCUT2D eigenvalue weighted by molar-refractivity contribution is 5.93. The lowest BCUT2D eigenvalue weighted by atomic mass is 10.2. The SMILES string of the molecule is Cc1ccc(C(=N)N)nc1C. The van der Waals surface area contributed by atoms with Crippen LogP contribution >= 0.6 is 0 Å². The first-order valence-electron chi connectivity index (χ1n) is 3.40. The lowest BCUT2D eigenvalue weighted by Gasteiger charge is -2.01. The first-order chi connectivity index (χ1) is 5.11. The molecule has 1 rings (SSSR count). The Morgan fingerprint density at radius 1 is 1.45 bits per heavy atom. The van der Waals surface area contributed by atoms with Crippen molar-refractivity contribution in [3.8, 4) is 0 Å². The van der Waals surface area contributed by atoms with Crippen LogP contribution in [0.25, 0.3) is 0 Å². The fourth-order valence-electron chi connectivity index (χ4n) is 0.781. The second-order valence-electron chi connectivity index (χ2n) is 2.51. The van der Waals surface area contributed by atoms with E-state index in [0.717, 1.165) is 11.3 Å². The number of rotatable bonds is 1.